The number of ketones is 1. The largest absolute Gasteiger partial charge is 0.496 e. The maximum absolute atomic E-state index is 13.0. The van der Waals surface area contributed by atoms with Crippen molar-refractivity contribution in [2.45, 2.75) is 38.4 Å². The summed E-state index contributed by atoms with van der Waals surface area (Å²) in [6.07, 6.45) is 3.10. The number of hydrogen-bond acceptors (Lipinski definition) is 7. The number of hydrogen-bond donors (Lipinski definition) is 0. The Morgan fingerprint density at radius 3 is 2.68 bits per heavy atom. The predicted octanol–water partition coefficient (Wildman–Crippen LogP) is 2.76. The molecule has 1 aromatic rings. The third kappa shape index (κ3) is 4.30. The fourth-order valence-electron chi connectivity index (χ4n) is 3.71. The number of carbonyl (C=O) groups excluding carboxylic acids is 2. The van der Waals surface area contributed by atoms with E-state index in [1.165, 1.54) is 6.26 Å². The summed E-state index contributed by atoms with van der Waals surface area (Å²) in [7, 11) is 3.13. The number of ether oxygens (including phenoxy) is 5. The molecule has 3 atom stereocenters. The molecule has 1 fully saturated rings. The molecule has 0 radical (unpaired) electrons. The zero-order valence-electron chi connectivity index (χ0n) is 16.4. The Labute approximate surface area is 164 Å². The molecule has 0 saturated heterocycles. The molecule has 1 aliphatic heterocycles. The fourth-order valence-corrected chi connectivity index (χ4v) is 3.71. The molecule has 0 spiro atoms. The van der Waals surface area contributed by atoms with Crippen LogP contribution in [0.2, 0.25) is 0 Å². The molecule has 28 heavy (non-hydrogen) atoms. The van der Waals surface area contributed by atoms with Gasteiger partial charge in [-0.15, -0.1) is 0 Å². The van der Waals surface area contributed by atoms with Crippen molar-refractivity contribution >= 4 is 17.3 Å². The van der Waals surface area contributed by atoms with Gasteiger partial charge in [-0.1, -0.05) is 6.07 Å². The van der Waals surface area contributed by atoms with Crippen LogP contribution in [0.5, 0.6) is 11.5 Å². The molecule has 2 aliphatic rings. The van der Waals surface area contributed by atoms with Crippen LogP contribution in [0.1, 0.15) is 31.7 Å². The first-order valence-corrected chi connectivity index (χ1v) is 9.46. The van der Waals surface area contributed by atoms with E-state index in [9.17, 15) is 9.59 Å². The van der Waals surface area contributed by atoms with Gasteiger partial charge in [0.05, 0.1) is 44.7 Å². The Kier molecular flexibility index (Phi) is 6.57. The second-order valence-corrected chi connectivity index (χ2v) is 6.80. The van der Waals surface area contributed by atoms with Crippen molar-refractivity contribution in [3.63, 3.8) is 0 Å². The van der Waals surface area contributed by atoms with Crippen molar-refractivity contribution in [2.24, 2.45) is 5.92 Å². The van der Waals surface area contributed by atoms with Crippen molar-refractivity contribution in [3.05, 3.63) is 30.0 Å². The molecule has 1 heterocycles. The van der Waals surface area contributed by atoms with Crippen molar-refractivity contribution in [3.8, 4) is 11.5 Å². The standard InChI is InChI=1S/C21H26O7/c1-4-26-20(22)12-27-14-6-7-15-18(10-14)28-11-16(21(15)23)13-5-8-17(24-2)19(9-13)25-3/h5,8-9,11,14-15,18H,4,6-7,10,12H2,1-3H3. The maximum Gasteiger partial charge on any atom is 0.332 e. The summed E-state index contributed by atoms with van der Waals surface area (Å²) in [6, 6.07) is 5.37. The molecule has 7 heteroatoms. The second kappa shape index (κ2) is 9.10. The summed E-state index contributed by atoms with van der Waals surface area (Å²) < 4.78 is 27.0. The fraction of sp³-hybridized carbons (Fsp3) is 0.524. The number of Topliss-reactive ketones (excluding diaryl/α,β-unsaturated/α-hetero) is 1. The van der Waals surface area contributed by atoms with E-state index >= 15 is 0 Å². The van der Waals surface area contributed by atoms with Crippen LogP contribution in [0.25, 0.3) is 5.57 Å². The minimum Gasteiger partial charge on any atom is -0.496 e. The topological polar surface area (TPSA) is 80.3 Å². The smallest absolute Gasteiger partial charge is 0.332 e. The minimum atomic E-state index is -0.374. The van der Waals surface area contributed by atoms with E-state index < -0.39 is 0 Å². The molecule has 0 bridgehead atoms. The van der Waals surface area contributed by atoms with E-state index in [-0.39, 0.29) is 36.5 Å². The van der Waals surface area contributed by atoms with Gasteiger partial charge in [0.25, 0.3) is 0 Å². The van der Waals surface area contributed by atoms with Gasteiger partial charge in [0.2, 0.25) is 0 Å². The van der Waals surface area contributed by atoms with E-state index in [4.69, 9.17) is 23.7 Å². The maximum atomic E-state index is 13.0. The average Bonchev–Trinajstić information content (AvgIpc) is 2.72. The molecule has 1 saturated carbocycles. The van der Waals surface area contributed by atoms with Gasteiger partial charge in [-0.25, -0.2) is 4.79 Å². The number of carbonyl (C=O) groups is 2. The highest BCUT2D eigenvalue weighted by Gasteiger charge is 2.40. The quantitative estimate of drug-likeness (QED) is 0.662. The Hall–Kier alpha value is -2.54. The summed E-state index contributed by atoms with van der Waals surface area (Å²) in [6.45, 7) is 2.02. The van der Waals surface area contributed by atoms with Crippen LogP contribution in [-0.4, -0.2) is 51.4 Å². The summed E-state index contributed by atoms with van der Waals surface area (Å²) in [5, 5.41) is 0. The number of methoxy groups -OCH3 is 2. The lowest BCUT2D eigenvalue weighted by Crippen LogP contribution is -2.41. The lowest BCUT2D eigenvalue weighted by Gasteiger charge is -2.37. The molecule has 152 valence electrons. The van der Waals surface area contributed by atoms with Crippen LogP contribution in [0.3, 0.4) is 0 Å². The third-order valence-corrected chi connectivity index (χ3v) is 5.14. The van der Waals surface area contributed by atoms with Crippen molar-refractivity contribution < 1.29 is 33.3 Å². The minimum absolute atomic E-state index is 0.0623. The van der Waals surface area contributed by atoms with E-state index in [1.54, 1.807) is 33.3 Å². The van der Waals surface area contributed by atoms with Gasteiger partial charge in [0.15, 0.2) is 17.3 Å². The Bertz CT molecular complexity index is 755. The molecule has 0 aromatic heterocycles. The second-order valence-electron chi connectivity index (χ2n) is 6.80. The molecule has 1 aromatic carbocycles. The Morgan fingerprint density at radius 1 is 1.18 bits per heavy atom. The normalized spacial score (nSPS) is 23.9. The zero-order chi connectivity index (χ0) is 20.1. The van der Waals surface area contributed by atoms with Gasteiger partial charge < -0.3 is 23.7 Å². The van der Waals surface area contributed by atoms with Crippen LogP contribution >= 0.6 is 0 Å². The van der Waals surface area contributed by atoms with Crippen LogP contribution in [0.15, 0.2) is 24.5 Å². The van der Waals surface area contributed by atoms with Gasteiger partial charge in [-0.3, -0.25) is 4.79 Å². The van der Waals surface area contributed by atoms with E-state index in [0.29, 0.717) is 42.9 Å². The molecule has 0 amide bonds. The Balaban J connectivity index is 1.67. The van der Waals surface area contributed by atoms with Crippen LogP contribution in [0, 0.1) is 5.92 Å². The molecule has 1 aliphatic carbocycles. The van der Waals surface area contributed by atoms with Crippen LogP contribution in [-0.2, 0) is 23.8 Å². The SMILES string of the molecule is CCOC(=O)COC1CCC2C(=O)C(c3ccc(OC)c(OC)c3)=COC2C1. The summed E-state index contributed by atoms with van der Waals surface area (Å²) in [5.74, 6) is 0.642. The Morgan fingerprint density at radius 2 is 1.96 bits per heavy atom. The number of benzene rings is 1. The van der Waals surface area contributed by atoms with Crippen molar-refractivity contribution in [2.75, 3.05) is 27.4 Å². The highest BCUT2D eigenvalue weighted by molar-refractivity contribution is 6.22. The third-order valence-electron chi connectivity index (χ3n) is 5.14. The number of esters is 1. The lowest BCUT2D eigenvalue weighted by molar-refractivity contribution is -0.153. The van der Waals surface area contributed by atoms with Gasteiger partial charge in [-0.2, -0.15) is 0 Å². The summed E-state index contributed by atoms with van der Waals surface area (Å²) in [4.78, 5) is 24.5. The molecule has 0 N–H and O–H groups in total. The van der Waals surface area contributed by atoms with Gasteiger partial charge in [0, 0.05) is 6.42 Å². The number of allylic oxidation sites excluding steroid dienone is 1. The zero-order valence-corrected chi connectivity index (χ0v) is 16.4. The lowest BCUT2D eigenvalue weighted by atomic mass is 9.78. The first-order chi connectivity index (χ1) is 13.6. The van der Waals surface area contributed by atoms with Crippen molar-refractivity contribution in [1.82, 2.24) is 0 Å². The summed E-state index contributed by atoms with van der Waals surface area (Å²) in [5.41, 5.74) is 1.27. The first-order valence-electron chi connectivity index (χ1n) is 9.46. The number of rotatable bonds is 7. The highest BCUT2D eigenvalue weighted by atomic mass is 16.6. The predicted molar refractivity (Wildman–Crippen MR) is 101 cm³/mol. The van der Waals surface area contributed by atoms with Crippen LogP contribution < -0.4 is 9.47 Å². The molecule has 3 rings (SSSR count). The molecule has 3 unspecified atom stereocenters. The van der Waals surface area contributed by atoms with Crippen LogP contribution in [0.4, 0.5) is 0 Å². The van der Waals surface area contributed by atoms with Gasteiger partial charge in [-0.05, 0) is 37.5 Å². The average molecular weight is 390 g/mol. The first kappa shape index (κ1) is 20.2. The van der Waals surface area contributed by atoms with Gasteiger partial charge in [0.1, 0.15) is 12.7 Å². The number of fused-ring (bicyclic) bond motifs is 1. The van der Waals surface area contributed by atoms with E-state index in [1.807, 2.05) is 6.07 Å². The van der Waals surface area contributed by atoms with E-state index in [2.05, 4.69) is 0 Å². The molecule has 7 nitrogen and oxygen atoms in total. The van der Waals surface area contributed by atoms with Crippen molar-refractivity contribution in [1.29, 1.82) is 0 Å². The summed E-state index contributed by atoms with van der Waals surface area (Å²) >= 11 is 0. The van der Waals surface area contributed by atoms with E-state index in [0.717, 1.165) is 5.56 Å². The highest BCUT2D eigenvalue weighted by Crippen LogP contribution is 2.39. The molecular weight excluding hydrogens is 364 g/mol. The molecular formula is C21H26O7. The van der Waals surface area contributed by atoms with Gasteiger partial charge >= 0.3 is 5.97 Å². The monoisotopic (exact) mass is 390 g/mol.